The molecule has 0 aliphatic rings. The fraction of sp³-hybridized carbons (Fsp3) is 0.462. The quantitative estimate of drug-likeness (QED) is 0.293. The highest BCUT2D eigenvalue weighted by molar-refractivity contribution is 6.26. The first-order chi connectivity index (χ1) is 8.99. The molecule has 0 saturated heterocycles. The molecule has 5 nitrogen and oxygen atoms in total. The summed E-state index contributed by atoms with van der Waals surface area (Å²) in [6, 6.07) is 1.07. The molecule has 0 amide bonds. The summed E-state index contributed by atoms with van der Waals surface area (Å²) in [6.45, 7) is 11.5. The maximum absolute atomic E-state index is 10.5. The van der Waals surface area contributed by atoms with Gasteiger partial charge in [0, 0.05) is 18.3 Å². The van der Waals surface area contributed by atoms with Crippen LogP contribution >= 0.6 is 0 Å². The van der Waals surface area contributed by atoms with Crippen molar-refractivity contribution in [1.82, 2.24) is 0 Å². The maximum atomic E-state index is 10.5. The molecule has 0 atom stereocenters. The Morgan fingerprint density at radius 1 is 1.37 bits per heavy atom. The second kappa shape index (κ2) is 14.7. The first kappa shape index (κ1) is 19.9. The van der Waals surface area contributed by atoms with Crippen molar-refractivity contribution in [3.8, 4) is 0 Å². The van der Waals surface area contributed by atoms with Crippen molar-refractivity contribution in [1.29, 1.82) is 0 Å². The van der Waals surface area contributed by atoms with Gasteiger partial charge >= 0.3 is 11.9 Å². The minimum Gasteiger partial charge on any atom is -0.463 e. The van der Waals surface area contributed by atoms with Crippen LogP contribution in [-0.2, 0) is 23.5 Å². The zero-order valence-electron chi connectivity index (χ0n) is 11.8. The van der Waals surface area contributed by atoms with E-state index in [2.05, 4.69) is 25.0 Å². The Morgan fingerprint density at radius 2 is 2.00 bits per heavy atom. The van der Waals surface area contributed by atoms with Crippen LogP contribution in [-0.4, -0.2) is 34.9 Å². The van der Waals surface area contributed by atoms with E-state index < -0.39 is 5.97 Å². The van der Waals surface area contributed by atoms with Crippen molar-refractivity contribution in [2.24, 2.45) is 0 Å². The Morgan fingerprint density at radius 3 is 2.37 bits per heavy atom. The predicted molar refractivity (Wildman–Crippen MR) is 77.0 cm³/mol. The van der Waals surface area contributed by atoms with Crippen LogP contribution in [0.1, 0.15) is 20.3 Å². The second-order valence-corrected chi connectivity index (χ2v) is 5.01. The van der Waals surface area contributed by atoms with Crippen molar-refractivity contribution in [2.45, 2.75) is 26.3 Å². The van der Waals surface area contributed by atoms with Gasteiger partial charge in [0.2, 0.25) is 0 Å². The molecule has 0 unspecified atom stereocenters. The number of rotatable bonds is 8. The summed E-state index contributed by atoms with van der Waals surface area (Å²) in [6.07, 6.45) is 2.09. The van der Waals surface area contributed by atoms with Gasteiger partial charge in [-0.05, 0) is 26.3 Å². The Bertz CT molecular complexity index is 289. The summed E-state index contributed by atoms with van der Waals surface area (Å²) < 4.78 is 14.0. The highest BCUT2D eigenvalue weighted by Gasteiger charge is 1.96. The van der Waals surface area contributed by atoms with Gasteiger partial charge in [-0.25, -0.2) is 9.59 Å². The molecule has 0 aliphatic carbocycles. The summed E-state index contributed by atoms with van der Waals surface area (Å²) in [5.74, 6) is -0.798. The molecule has 0 aliphatic heterocycles. The van der Waals surface area contributed by atoms with Crippen LogP contribution in [0, 0.1) is 7.11 Å². The van der Waals surface area contributed by atoms with E-state index in [9.17, 15) is 9.59 Å². The van der Waals surface area contributed by atoms with E-state index in [0.717, 1.165) is 19.1 Å². The van der Waals surface area contributed by atoms with Crippen LogP contribution in [0.15, 0.2) is 24.8 Å². The highest BCUT2D eigenvalue weighted by atomic mass is 28.2. The molecule has 0 spiro atoms. The molecule has 0 rings (SSSR count). The van der Waals surface area contributed by atoms with Gasteiger partial charge < -0.3 is 13.9 Å². The summed E-state index contributed by atoms with van der Waals surface area (Å²) in [7, 11) is 2.54. The van der Waals surface area contributed by atoms with Crippen LogP contribution < -0.4 is 0 Å². The molecule has 0 bridgehead atoms. The minimum absolute atomic E-state index is 0.340. The third-order valence-corrected chi connectivity index (χ3v) is 3.26. The summed E-state index contributed by atoms with van der Waals surface area (Å²) >= 11 is 0. The first-order valence-corrected chi connectivity index (χ1v) is 7.56. The molecule has 0 aromatic rings. The number of carbonyl (C=O) groups excluding carboxylic acids is 2. The van der Waals surface area contributed by atoms with Gasteiger partial charge in [-0.2, -0.15) is 0 Å². The van der Waals surface area contributed by atoms with Crippen LogP contribution in [0.3, 0.4) is 0 Å². The molecule has 0 aromatic carbocycles. The van der Waals surface area contributed by atoms with Gasteiger partial charge in [-0.1, -0.05) is 13.2 Å². The molecule has 1 radical (unpaired) electrons. The summed E-state index contributed by atoms with van der Waals surface area (Å²) in [5, 5.41) is 0. The second-order valence-electron chi connectivity index (χ2n) is 3.49. The number of hydrogen-bond acceptors (Lipinski definition) is 5. The van der Waals surface area contributed by atoms with Crippen LogP contribution in [0.2, 0.25) is 6.04 Å². The zero-order chi connectivity index (χ0) is 15.1. The fourth-order valence-electron chi connectivity index (χ4n) is 0.805. The van der Waals surface area contributed by atoms with Crippen LogP contribution in [0.4, 0.5) is 0 Å². The normalized spacial score (nSPS) is 9.42. The van der Waals surface area contributed by atoms with Gasteiger partial charge in [0.15, 0.2) is 9.76 Å². The molecular weight excluding hydrogens is 264 g/mol. The van der Waals surface area contributed by atoms with E-state index in [-0.39, 0.29) is 15.7 Å². The largest absolute Gasteiger partial charge is 0.463 e. The lowest BCUT2D eigenvalue weighted by molar-refractivity contribution is -0.137. The number of carbonyl (C=O) groups is 2. The SMILES string of the molecule is C=CC(=O)OCCC[SiH2]OCC.[CH2]OC(=O)C(=C)C. The lowest BCUT2D eigenvalue weighted by Gasteiger charge is -2.01. The molecule has 109 valence electrons. The van der Waals surface area contributed by atoms with E-state index in [1.807, 2.05) is 6.92 Å². The zero-order valence-corrected chi connectivity index (χ0v) is 13.2. The molecule has 0 heterocycles. The molecule has 0 N–H and O–H groups in total. The molecule has 0 aromatic heterocycles. The van der Waals surface area contributed by atoms with Crippen molar-refractivity contribution in [3.05, 3.63) is 31.9 Å². The number of esters is 2. The van der Waals surface area contributed by atoms with E-state index in [4.69, 9.17) is 9.16 Å². The van der Waals surface area contributed by atoms with E-state index >= 15 is 0 Å². The van der Waals surface area contributed by atoms with E-state index in [1.54, 1.807) is 6.92 Å². The predicted octanol–water partition coefficient (Wildman–Crippen LogP) is 1.54. The highest BCUT2D eigenvalue weighted by Crippen LogP contribution is 1.91. The lowest BCUT2D eigenvalue weighted by Crippen LogP contribution is -2.04. The summed E-state index contributed by atoms with van der Waals surface area (Å²) in [4.78, 5) is 20.7. The smallest absolute Gasteiger partial charge is 0.333 e. The Hall–Kier alpha value is -1.40. The number of ether oxygens (including phenoxy) is 2. The standard InChI is InChI=1S/C8H16O3Si.C5H7O2/c1-3-8(9)10-6-5-7-12-11-4-2;1-4(2)5(6)7-3/h3H,1,4-7,12H2,2H3;1,3H2,2H3. The van der Waals surface area contributed by atoms with Gasteiger partial charge in [-0.15, -0.1) is 0 Å². The molecule has 0 fully saturated rings. The molecular formula is C13H23O5Si. The van der Waals surface area contributed by atoms with E-state index in [1.165, 1.54) is 6.08 Å². The van der Waals surface area contributed by atoms with Gasteiger partial charge in [0.25, 0.3) is 0 Å². The minimum atomic E-state index is -0.458. The van der Waals surface area contributed by atoms with Crippen molar-refractivity contribution >= 4 is 21.7 Å². The third-order valence-electron chi connectivity index (χ3n) is 1.78. The topological polar surface area (TPSA) is 61.8 Å². The Labute approximate surface area is 117 Å². The maximum Gasteiger partial charge on any atom is 0.333 e. The van der Waals surface area contributed by atoms with Crippen LogP contribution in [0.25, 0.3) is 0 Å². The average molecular weight is 287 g/mol. The molecule has 0 saturated carbocycles. The first-order valence-electron chi connectivity index (χ1n) is 5.98. The average Bonchev–Trinajstić information content (AvgIpc) is 2.41. The van der Waals surface area contributed by atoms with Gasteiger partial charge in [0.1, 0.15) is 7.11 Å². The van der Waals surface area contributed by atoms with Crippen molar-refractivity contribution in [3.63, 3.8) is 0 Å². The lowest BCUT2D eigenvalue weighted by atomic mass is 10.4. The Balaban J connectivity index is 0. The van der Waals surface area contributed by atoms with Crippen LogP contribution in [0.5, 0.6) is 0 Å². The third kappa shape index (κ3) is 16.6. The van der Waals surface area contributed by atoms with Crippen molar-refractivity contribution in [2.75, 3.05) is 13.2 Å². The fourth-order valence-corrected chi connectivity index (χ4v) is 1.71. The Kier molecular flexibility index (Phi) is 15.4. The number of hydrogen-bond donors (Lipinski definition) is 0. The molecule has 19 heavy (non-hydrogen) atoms. The molecule has 6 heteroatoms. The monoisotopic (exact) mass is 287 g/mol. The summed E-state index contributed by atoms with van der Waals surface area (Å²) in [5.41, 5.74) is 0.370. The van der Waals surface area contributed by atoms with Crippen molar-refractivity contribution < 1.29 is 23.5 Å². The van der Waals surface area contributed by atoms with E-state index in [0.29, 0.717) is 12.2 Å². The van der Waals surface area contributed by atoms with Gasteiger partial charge in [-0.3, -0.25) is 0 Å². The van der Waals surface area contributed by atoms with Gasteiger partial charge in [0.05, 0.1) is 6.61 Å².